The molecule has 1 aliphatic heterocycles. The number of rotatable bonds is 3. The van der Waals surface area contributed by atoms with Gasteiger partial charge in [0.2, 0.25) is 0 Å². The summed E-state index contributed by atoms with van der Waals surface area (Å²) in [6, 6.07) is 0. The van der Waals surface area contributed by atoms with E-state index in [1.54, 1.807) is 6.33 Å². The molecule has 2 heterocycles. The van der Waals surface area contributed by atoms with Crippen LogP contribution in [-0.4, -0.2) is 45.7 Å². The van der Waals surface area contributed by atoms with Crippen LogP contribution in [0.5, 0.6) is 0 Å². The van der Waals surface area contributed by atoms with E-state index >= 15 is 0 Å². The van der Waals surface area contributed by atoms with Gasteiger partial charge in [-0.3, -0.25) is 4.90 Å². The van der Waals surface area contributed by atoms with Gasteiger partial charge in [0.15, 0.2) is 0 Å². The van der Waals surface area contributed by atoms with Crippen LogP contribution in [0.15, 0.2) is 12.4 Å². The average Bonchev–Trinajstić information content (AvgIpc) is 3.09. The number of aromatic nitrogens is 2. The van der Waals surface area contributed by atoms with Crippen LogP contribution in [0.2, 0.25) is 0 Å². The zero-order valence-corrected chi connectivity index (χ0v) is 11.5. The molecule has 0 aromatic carbocycles. The van der Waals surface area contributed by atoms with Crippen LogP contribution >= 0.6 is 0 Å². The van der Waals surface area contributed by atoms with E-state index in [4.69, 9.17) is 5.73 Å². The Kier molecular flexibility index (Phi) is 2.79. The van der Waals surface area contributed by atoms with Crippen molar-refractivity contribution < 1.29 is 5.11 Å². The molecule has 3 aliphatic rings. The van der Waals surface area contributed by atoms with Crippen molar-refractivity contribution in [3.63, 3.8) is 0 Å². The SMILES string of the molecule is Nc1ncnc2c1CC=C2CN1CC(C2CC2)[C@@H](O)C1. The number of likely N-dealkylation sites (tertiary alicyclic amines) is 1. The number of fused-ring (bicyclic) bond motifs is 1. The third kappa shape index (κ3) is 2.01. The average molecular weight is 272 g/mol. The number of nitrogens with zero attached hydrogens (tertiary/aromatic N) is 3. The molecule has 2 aliphatic carbocycles. The molecule has 4 rings (SSSR count). The van der Waals surface area contributed by atoms with Gasteiger partial charge in [-0.2, -0.15) is 0 Å². The standard InChI is InChI=1S/C15H20N4O/c16-15-11-4-3-10(14(11)17-8-18-15)5-19-6-12(9-1-2-9)13(20)7-19/h3,8-9,12-13,20H,1-2,4-7H2,(H2,16,17,18)/t12?,13-/m0/s1. The van der Waals surface area contributed by atoms with Crippen LogP contribution in [0, 0.1) is 11.8 Å². The molecule has 1 saturated carbocycles. The molecular formula is C15H20N4O. The molecule has 20 heavy (non-hydrogen) atoms. The Bertz CT molecular complexity index is 567. The Morgan fingerprint density at radius 1 is 1.30 bits per heavy atom. The fourth-order valence-electron chi connectivity index (χ4n) is 3.62. The predicted octanol–water partition coefficient (Wildman–Crippen LogP) is 0.701. The zero-order chi connectivity index (χ0) is 13.7. The predicted molar refractivity (Wildman–Crippen MR) is 76.8 cm³/mol. The summed E-state index contributed by atoms with van der Waals surface area (Å²) in [4.78, 5) is 10.8. The van der Waals surface area contributed by atoms with E-state index < -0.39 is 0 Å². The minimum atomic E-state index is -0.153. The minimum absolute atomic E-state index is 0.153. The second-order valence-electron chi connectivity index (χ2n) is 6.28. The number of aliphatic hydroxyl groups is 1. The normalized spacial score (nSPS) is 29.6. The molecular weight excluding hydrogens is 252 g/mol. The van der Waals surface area contributed by atoms with Gasteiger partial charge in [0.1, 0.15) is 12.1 Å². The smallest absolute Gasteiger partial charge is 0.130 e. The maximum atomic E-state index is 10.2. The summed E-state index contributed by atoms with van der Waals surface area (Å²) in [5.74, 6) is 1.84. The topological polar surface area (TPSA) is 75.3 Å². The first-order valence-electron chi connectivity index (χ1n) is 7.41. The van der Waals surface area contributed by atoms with Crippen molar-refractivity contribution in [3.05, 3.63) is 23.7 Å². The first kappa shape index (κ1) is 12.3. The number of nitrogen functional groups attached to an aromatic ring is 1. The fourth-order valence-corrected chi connectivity index (χ4v) is 3.62. The van der Waals surface area contributed by atoms with Crippen molar-refractivity contribution in [2.45, 2.75) is 25.4 Å². The number of anilines is 1. The lowest BCUT2D eigenvalue weighted by atomic mass is 10.0. The van der Waals surface area contributed by atoms with Crippen LogP contribution in [0.3, 0.4) is 0 Å². The van der Waals surface area contributed by atoms with E-state index in [-0.39, 0.29) is 6.10 Å². The number of hydrogen-bond donors (Lipinski definition) is 2. The van der Waals surface area contributed by atoms with Gasteiger partial charge >= 0.3 is 0 Å². The molecule has 0 amide bonds. The summed E-state index contributed by atoms with van der Waals surface area (Å²) >= 11 is 0. The highest BCUT2D eigenvalue weighted by molar-refractivity contribution is 5.74. The van der Waals surface area contributed by atoms with Crippen LogP contribution in [-0.2, 0) is 6.42 Å². The molecule has 106 valence electrons. The Hall–Kier alpha value is -1.46. The van der Waals surface area contributed by atoms with Gasteiger partial charge in [-0.05, 0) is 30.8 Å². The van der Waals surface area contributed by atoms with Crippen LogP contribution in [0.25, 0.3) is 5.57 Å². The number of β-amino-alcohol motifs (C(OH)–C–C–N with tert-alkyl or cyclic N) is 1. The van der Waals surface area contributed by atoms with Crippen molar-refractivity contribution in [3.8, 4) is 0 Å². The summed E-state index contributed by atoms with van der Waals surface area (Å²) in [6.45, 7) is 2.66. The lowest BCUT2D eigenvalue weighted by Crippen LogP contribution is -2.24. The first-order valence-corrected chi connectivity index (χ1v) is 7.41. The second kappa shape index (κ2) is 4.53. The summed E-state index contributed by atoms with van der Waals surface area (Å²) in [7, 11) is 0. The maximum Gasteiger partial charge on any atom is 0.130 e. The van der Waals surface area contributed by atoms with Crippen LogP contribution in [0.1, 0.15) is 24.1 Å². The Morgan fingerprint density at radius 3 is 2.95 bits per heavy atom. The molecule has 3 N–H and O–H groups in total. The number of nitrogens with two attached hydrogens (primary N) is 1. The van der Waals surface area contributed by atoms with Crippen molar-refractivity contribution in [2.75, 3.05) is 25.4 Å². The quantitative estimate of drug-likeness (QED) is 0.847. The van der Waals surface area contributed by atoms with Crippen LogP contribution in [0.4, 0.5) is 5.82 Å². The third-order valence-corrected chi connectivity index (χ3v) is 4.87. The maximum absolute atomic E-state index is 10.2. The molecule has 0 spiro atoms. The number of allylic oxidation sites excluding steroid dienone is 1. The van der Waals surface area contributed by atoms with Crippen molar-refractivity contribution in [2.24, 2.45) is 11.8 Å². The molecule has 2 atom stereocenters. The van der Waals surface area contributed by atoms with E-state index in [0.717, 1.165) is 43.2 Å². The summed E-state index contributed by atoms with van der Waals surface area (Å²) in [6.07, 6.45) is 7.01. The van der Waals surface area contributed by atoms with Gasteiger partial charge < -0.3 is 10.8 Å². The van der Waals surface area contributed by atoms with Gasteiger partial charge in [-0.15, -0.1) is 0 Å². The minimum Gasteiger partial charge on any atom is -0.391 e. The van der Waals surface area contributed by atoms with Gasteiger partial charge in [0.25, 0.3) is 0 Å². The van der Waals surface area contributed by atoms with Gasteiger partial charge in [-0.1, -0.05) is 6.08 Å². The van der Waals surface area contributed by atoms with Gasteiger partial charge in [-0.25, -0.2) is 9.97 Å². The Balaban J connectivity index is 1.48. The largest absolute Gasteiger partial charge is 0.391 e. The number of hydrogen-bond acceptors (Lipinski definition) is 5. The van der Waals surface area contributed by atoms with E-state index in [1.807, 2.05) is 0 Å². The van der Waals surface area contributed by atoms with E-state index in [9.17, 15) is 5.11 Å². The highest BCUT2D eigenvalue weighted by Crippen LogP contribution is 2.42. The third-order valence-electron chi connectivity index (χ3n) is 4.87. The molecule has 1 aromatic heterocycles. The molecule has 1 aromatic rings. The van der Waals surface area contributed by atoms with E-state index in [2.05, 4.69) is 20.9 Å². The van der Waals surface area contributed by atoms with E-state index in [0.29, 0.717) is 11.7 Å². The molecule has 5 heteroatoms. The second-order valence-corrected chi connectivity index (χ2v) is 6.28. The molecule has 0 radical (unpaired) electrons. The van der Waals surface area contributed by atoms with Gasteiger partial charge in [0.05, 0.1) is 11.8 Å². The highest BCUT2D eigenvalue weighted by atomic mass is 16.3. The number of aliphatic hydroxyl groups excluding tert-OH is 1. The van der Waals surface area contributed by atoms with Gasteiger partial charge in [0, 0.05) is 31.1 Å². The first-order chi connectivity index (χ1) is 9.72. The highest BCUT2D eigenvalue weighted by Gasteiger charge is 2.41. The molecule has 1 unspecified atom stereocenters. The summed E-state index contributed by atoms with van der Waals surface area (Å²) < 4.78 is 0. The van der Waals surface area contributed by atoms with E-state index in [1.165, 1.54) is 18.4 Å². The van der Waals surface area contributed by atoms with Crippen molar-refractivity contribution in [1.82, 2.24) is 14.9 Å². The Morgan fingerprint density at radius 2 is 2.15 bits per heavy atom. The lowest BCUT2D eigenvalue weighted by molar-refractivity contribution is 0.133. The lowest BCUT2D eigenvalue weighted by Gasteiger charge is -2.16. The fraction of sp³-hybridized carbons (Fsp3) is 0.600. The van der Waals surface area contributed by atoms with Crippen molar-refractivity contribution >= 4 is 11.4 Å². The summed E-state index contributed by atoms with van der Waals surface area (Å²) in [5.41, 5.74) is 9.19. The van der Waals surface area contributed by atoms with Crippen molar-refractivity contribution in [1.29, 1.82) is 0 Å². The summed E-state index contributed by atoms with van der Waals surface area (Å²) in [5, 5.41) is 10.2. The molecule has 2 fully saturated rings. The molecule has 1 saturated heterocycles. The molecule has 5 nitrogen and oxygen atoms in total. The monoisotopic (exact) mass is 272 g/mol. The Labute approximate surface area is 118 Å². The van der Waals surface area contributed by atoms with Crippen LogP contribution < -0.4 is 5.73 Å². The zero-order valence-electron chi connectivity index (χ0n) is 11.5. The molecule has 0 bridgehead atoms.